The number of aromatic nitrogens is 1. The lowest BCUT2D eigenvalue weighted by atomic mass is 10.0. The molecule has 1 heterocycles. The molecule has 0 atom stereocenters. The van der Waals surface area contributed by atoms with Gasteiger partial charge in [0.05, 0.1) is 12.2 Å². The molecule has 0 spiro atoms. The molecule has 0 bridgehead atoms. The van der Waals surface area contributed by atoms with E-state index in [0.717, 1.165) is 17.7 Å². The van der Waals surface area contributed by atoms with Crippen LogP contribution in [0.3, 0.4) is 0 Å². The molecule has 0 saturated carbocycles. The molecule has 0 aliphatic heterocycles. The number of carbonyl (C=O) groups is 1. The molecule has 1 amide bonds. The van der Waals surface area contributed by atoms with Gasteiger partial charge in [0, 0.05) is 44.7 Å². The molecular formula is C16H21ClFN3O2. The first-order valence-corrected chi connectivity index (χ1v) is 7.13. The fourth-order valence-electron chi connectivity index (χ4n) is 2.08. The maximum absolute atomic E-state index is 13.0. The van der Waals surface area contributed by atoms with Gasteiger partial charge in [-0.15, -0.1) is 12.4 Å². The van der Waals surface area contributed by atoms with Gasteiger partial charge in [0.25, 0.3) is 5.91 Å². The second-order valence-electron chi connectivity index (χ2n) is 4.79. The van der Waals surface area contributed by atoms with E-state index < -0.39 is 0 Å². The topological polar surface area (TPSA) is 66.2 Å². The van der Waals surface area contributed by atoms with Crippen molar-refractivity contribution in [1.29, 1.82) is 0 Å². The van der Waals surface area contributed by atoms with Crippen molar-refractivity contribution in [3.8, 4) is 11.1 Å². The Balaban J connectivity index is 0.00000264. The van der Waals surface area contributed by atoms with E-state index in [1.807, 2.05) is 0 Å². The third kappa shape index (κ3) is 5.67. The molecular weight excluding hydrogens is 321 g/mol. The van der Waals surface area contributed by atoms with Crippen molar-refractivity contribution in [1.82, 2.24) is 15.6 Å². The maximum atomic E-state index is 13.0. The highest BCUT2D eigenvalue weighted by molar-refractivity contribution is 6.00. The Morgan fingerprint density at radius 2 is 1.91 bits per heavy atom. The quantitative estimate of drug-likeness (QED) is 0.645. The molecule has 0 aliphatic carbocycles. The highest BCUT2D eigenvalue weighted by Crippen LogP contribution is 2.23. The average Bonchev–Trinajstić information content (AvgIpc) is 3.01. The second kappa shape index (κ2) is 9.99. The lowest BCUT2D eigenvalue weighted by Crippen LogP contribution is -2.33. The first kappa shape index (κ1) is 19.2. The normalized spacial score (nSPS) is 10.2. The lowest BCUT2D eigenvalue weighted by molar-refractivity contribution is 0.0954. The fourth-order valence-corrected chi connectivity index (χ4v) is 2.08. The highest BCUT2D eigenvalue weighted by atomic mass is 35.5. The van der Waals surface area contributed by atoms with Gasteiger partial charge >= 0.3 is 0 Å². The van der Waals surface area contributed by atoms with Crippen molar-refractivity contribution in [2.45, 2.75) is 0 Å². The number of amides is 1. The minimum atomic E-state index is -0.299. The third-order valence-corrected chi connectivity index (χ3v) is 3.22. The zero-order valence-electron chi connectivity index (χ0n) is 12.9. The average molecular weight is 342 g/mol. The largest absolute Gasteiger partial charge is 0.383 e. The number of halogens is 2. The summed E-state index contributed by atoms with van der Waals surface area (Å²) in [5, 5.41) is 6.00. The summed E-state index contributed by atoms with van der Waals surface area (Å²) in [6.45, 7) is 2.58. The summed E-state index contributed by atoms with van der Waals surface area (Å²) in [4.78, 5) is 15.1. The monoisotopic (exact) mass is 341 g/mol. The summed E-state index contributed by atoms with van der Waals surface area (Å²) < 4.78 is 17.9. The van der Waals surface area contributed by atoms with Gasteiger partial charge in [0.2, 0.25) is 0 Å². The number of aromatic amines is 1. The van der Waals surface area contributed by atoms with E-state index in [-0.39, 0.29) is 24.1 Å². The summed E-state index contributed by atoms with van der Waals surface area (Å²) in [5.41, 5.74) is 2.10. The molecule has 0 saturated heterocycles. The van der Waals surface area contributed by atoms with E-state index in [9.17, 15) is 9.18 Å². The predicted octanol–water partition coefficient (Wildman–Crippen LogP) is 2.21. The molecule has 0 radical (unpaired) electrons. The molecule has 2 aromatic rings. The van der Waals surface area contributed by atoms with E-state index in [0.29, 0.717) is 25.3 Å². The molecule has 126 valence electrons. The summed E-state index contributed by atoms with van der Waals surface area (Å²) in [7, 11) is 1.65. The predicted molar refractivity (Wildman–Crippen MR) is 90.5 cm³/mol. The molecule has 0 aliphatic rings. The van der Waals surface area contributed by atoms with Gasteiger partial charge < -0.3 is 20.4 Å². The Labute approximate surface area is 141 Å². The lowest BCUT2D eigenvalue weighted by Gasteiger charge is -2.07. The second-order valence-corrected chi connectivity index (χ2v) is 4.79. The smallest absolute Gasteiger partial charge is 0.253 e. The van der Waals surface area contributed by atoms with Crippen molar-refractivity contribution in [3.63, 3.8) is 0 Å². The van der Waals surface area contributed by atoms with Gasteiger partial charge in [0.1, 0.15) is 5.82 Å². The standard InChI is InChI=1S/C16H20FN3O2.ClH/c1-22-9-8-18-6-7-20-16(21)15-11-19-10-14(15)12-2-4-13(17)5-3-12;/h2-5,10-11,18-19H,6-9H2,1H3,(H,20,21);1H. The van der Waals surface area contributed by atoms with Crippen molar-refractivity contribution in [2.75, 3.05) is 33.4 Å². The first-order valence-electron chi connectivity index (χ1n) is 7.13. The SMILES string of the molecule is COCCNCCNC(=O)c1c[nH]cc1-c1ccc(F)cc1.Cl. The number of methoxy groups -OCH3 is 1. The van der Waals surface area contributed by atoms with Crippen LogP contribution in [0.15, 0.2) is 36.7 Å². The molecule has 1 aromatic heterocycles. The molecule has 1 aromatic carbocycles. The summed E-state index contributed by atoms with van der Waals surface area (Å²) in [6, 6.07) is 6.07. The molecule has 23 heavy (non-hydrogen) atoms. The first-order chi connectivity index (χ1) is 10.7. The summed E-state index contributed by atoms with van der Waals surface area (Å²) in [5.74, 6) is -0.457. The van der Waals surface area contributed by atoms with Crippen LogP contribution >= 0.6 is 12.4 Å². The minimum Gasteiger partial charge on any atom is -0.383 e. The van der Waals surface area contributed by atoms with Crippen molar-refractivity contribution >= 4 is 18.3 Å². The van der Waals surface area contributed by atoms with E-state index >= 15 is 0 Å². The van der Waals surface area contributed by atoms with Crippen molar-refractivity contribution < 1.29 is 13.9 Å². The molecule has 5 nitrogen and oxygen atoms in total. The number of hydrogen-bond donors (Lipinski definition) is 3. The van der Waals surface area contributed by atoms with E-state index in [2.05, 4.69) is 15.6 Å². The molecule has 0 unspecified atom stereocenters. The molecule has 2 rings (SSSR count). The molecule has 0 fully saturated rings. The Morgan fingerprint density at radius 3 is 2.61 bits per heavy atom. The van der Waals surface area contributed by atoms with Gasteiger partial charge in [-0.1, -0.05) is 12.1 Å². The Bertz CT molecular complexity index is 602. The zero-order valence-corrected chi connectivity index (χ0v) is 13.7. The Kier molecular flexibility index (Phi) is 8.32. The number of H-pyrrole nitrogens is 1. The Hall–Kier alpha value is -1.89. The van der Waals surface area contributed by atoms with Crippen molar-refractivity contribution in [2.24, 2.45) is 0 Å². The third-order valence-electron chi connectivity index (χ3n) is 3.22. The maximum Gasteiger partial charge on any atom is 0.253 e. The van der Waals surface area contributed by atoms with Crippen LogP contribution in [-0.4, -0.2) is 44.2 Å². The fraction of sp³-hybridized carbons (Fsp3) is 0.312. The van der Waals surface area contributed by atoms with Crippen LogP contribution in [0.4, 0.5) is 4.39 Å². The zero-order chi connectivity index (χ0) is 15.8. The van der Waals surface area contributed by atoms with Gasteiger partial charge in [-0.05, 0) is 17.7 Å². The van der Waals surface area contributed by atoms with Crippen LogP contribution in [0.1, 0.15) is 10.4 Å². The van der Waals surface area contributed by atoms with Gasteiger partial charge in [-0.2, -0.15) is 0 Å². The van der Waals surface area contributed by atoms with Crippen LogP contribution in [0.2, 0.25) is 0 Å². The Morgan fingerprint density at radius 1 is 1.17 bits per heavy atom. The summed E-state index contributed by atoms with van der Waals surface area (Å²) in [6.07, 6.45) is 3.38. The van der Waals surface area contributed by atoms with E-state index in [4.69, 9.17) is 4.74 Å². The van der Waals surface area contributed by atoms with E-state index in [1.54, 1.807) is 31.6 Å². The minimum absolute atomic E-state index is 0. The van der Waals surface area contributed by atoms with Crippen LogP contribution in [0, 0.1) is 5.82 Å². The van der Waals surface area contributed by atoms with Crippen LogP contribution in [0.25, 0.3) is 11.1 Å². The van der Waals surface area contributed by atoms with Crippen LogP contribution < -0.4 is 10.6 Å². The number of rotatable bonds is 8. The molecule has 7 heteroatoms. The number of carbonyl (C=O) groups excluding carboxylic acids is 1. The van der Waals surface area contributed by atoms with Crippen molar-refractivity contribution in [3.05, 3.63) is 48.0 Å². The van der Waals surface area contributed by atoms with Crippen LogP contribution in [-0.2, 0) is 4.74 Å². The number of benzene rings is 1. The van der Waals surface area contributed by atoms with Gasteiger partial charge in [-0.3, -0.25) is 4.79 Å². The van der Waals surface area contributed by atoms with Gasteiger partial charge in [0.15, 0.2) is 0 Å². The highest BCUT2D eigenvalue weighted by Gasteiger charge is 2.13. The molecule has 3 N–H and O–H groups in total. The summed E-state index contributed by atoms with van der Waals surface area (Å²) >= 11 is 0. The van der Waals surface area contributed by atoms with E-state index in [1.165, 1.54) is 12.1 Å². The number of ether oxygens (including phenoxy) is 1. The number of nitrogens with one attached hydrogen (secondary N) is 3. The van der Waals surface area contributed by atoms with Crippen LogP contribution in [0.5, 0.6) is 0 Å². The van der Waals surface area contributed by atoms with Gasteiger partial charge in [-0.25, -0.2) is 4.39 Å². The number of hydrogen-bond acceptors (Lipinski definition) is 3.